The van der Waals surface area contributed by atoms with Gasteiger partial charge in [0.15, 0.2) is 23.2 Å². The molecule has 94 valence electrons. The molecule has 2 nitrogen and oxygen atoms in total. The second-order valence-electron chi connectivity index (χ2n) is 4.56. The van der Waals surface area contributed by atoms with Crippen molar-refractivity contribution in [2.24, 2.45) is 5.41 Å². The zero-order chi connectivity index (χ0) is 13.5. The summed E-state index contributed by atoms with van der Waals surface area (Å²) < 4.78 is 52.6. The fourth-order valence-electron chi connectivity index (χ4n) is 1.19. The maximum Gasteiger partial charge on any atom is 0.204 e. The molecule has 1 aromatic carbocycles. The van der Waals surface area contributed by atoms with Gasteiger partial charge in [0.05, 0.1) is 5.56 Å². The van der Waals surface area contributed by atoms with Crippen molar-refractivity contribution in [3.05, 3.63) is 28.8 Å². The van der Waals surface area contributed by atoms with E-state index in [0.29, 0.717) is 0 Å². The lowest BCUT2D eigenvalue weighted by atomic mass is 9.86. The number of ketones is 1. The van der Waals surface area contributed by atoms with Gasteiger partial charge in [0.25, 0.3) is 0 Å². The van der Waals surface area contributed by atoms with Crippen molar-refractivity contribution in [2.75, 3.05) is 0 Å². The first-order valence-corrected chi connectivity index (χ1v) is 4.68. The Kier molecular flexibility index (Phi) is 3.18. The normalized spacial score (nSPS) is 11.7. The van der Waals surface area contributed by atoms with Crippen LogP contribution in [-0.4, -0.2) is 10.9 Å². The van der Waals surface area contributed by atoms with Gasteiger partial charge in [-0.05, 0) is 0 Å². The second kappa shape index (κ2) is 4.01. The van der Waals surface area contributed by atoms with E-state index < -0.39 is 45.8 Å². The van der Waals surface area contributed by atoms with Gasteiger partial charge in [-0.1, -0.05) is 20.8 Å². The molecule has 0 radical (unpaired) electrons. The minimum absolute atomic E-state index is 1.09. The van der Waals surface area contributed by atoms with Crippen molar-refractivity contribution in [2.45, 2.75) is 20.8 Å². The first kappa shape index (κ1) is 13.5. The molecule has 6 heteroatoms. The third-order valence-corrected chi connectivity index (χ3v) is 2.15. The Bertz CT molecular complexity index is 460. The molecule has 0 spiro atoms. The zero-order valence-electron chi connectivity index (χ0n) is 9.37. The number of hydrogen-bond donors (Lipinski definition) is 1. The standard InChI is InChI=1S/C11H10F4O2/c1-11(2,3)10(17)4-5(12)7(14)9(16)8(15)6(4)13/h16H,1-3H3. The topological polar surface area (TPSA) is 37.3 Å². The van der Waals surface area contributed by atoms with Gasteiger partial charge in [0.1, 0.15) is 0 Å². The maximum absolute atomic E-state index is 13.3. The molecule has 0 saturated carbocycles. The fourth-order valence-corrected chi connectivity index (χ4v) is 1.19. The summed E-state index contributed by atoms with van der Waals surface area (Å²) >= 11 is 0. The van der Waals surface area contributed by atoms with Crippen LogP contribution in [0, 0.1) is 28.7 Å². The number of carbonyl (C=O) groups is 1. The van der Waals surface area contributed by atoms with E-state index in [0.717, 1.165) is 0 Å². The lowest BCUT2D eigenvalue weighted by Gasteiger charge is -2.18. The molecule has 0 aromatic heterocycles. The Morgan fingerprint density at radius 3 is 1.59 bits per heavy atom. The van der Waals surface area contributed by atoms with Crippen LogP contribution in [0.2, 0.25) is 0 Å². The lowest BCUT2D eigenvalue weighted by Crippen LogP contribution is -2.24. The van der Waals surface area contributed by atoms with E-state index in [2.05, 4.69) is 0 Å². The number of halogens is 4. The van der Waals surface area contributed by atoms with Crippen molar-refractivity contribution < 1.29 is 27.5 Å². The molecule has 0 amide bonds. The predicted molar refractivity (Wildman–Crippen MR) is 51.7 cm³/mol. The van der Waals surface area contributed by atoms with Crippen molar-refractivity contribution >= 4 is 5.78 Å². The van der Waals surface area contributed by atoms with E-state index >= 15 is 0 Å². The number of hydrogen-bond acceptors (Lipinski definition) is 2. The van der Waals surface area contributed by atoms with Gasteiger partial charge < -0.3 is 5.11 Å². The van der Waals surface area contributed by atoms with Crippen LogP contribution in [0.25, 0.3) is 0 Å². The SMILES string of the molecule is CC(C)(C)C(=O)c1c(F)c(F)c(O)c(F)c1F. The van der Waals surface area contributed by atoms with Crippen molar-refractivity contribution in [1.29, 1.82) is 0 Å². The molecule has 0 heterocycles. The summed E-state index contributed by atoms with van der Waals surface area (Å²) in [6.45, 7) is 4.03. The summed E-state index contributed by atoms with van der Waals surface area (Å²) in [6.07, 6.45) is 0. The van der Waals surface area contributed by atoms with Crippen LogP contribution in [0.1, 0.15) is 31.1 Å². The van der Waals surface area contributed by atoms with Crippen LogP contribution < -0.4 is 0 Å². The van der Waals surface area contributed by atoms with Crippen LogP contribution in [0.4, 0.5) is 17.6 Å². The Balaban J connectivity index is 3.62. The van der Waals surface area contributed by atoms with E-state index in [1.54, 1.807) is 0 Å². The second-order valence-corrected chi connectivity index (χ2v) is 4.56. The summed E-state index contributed by atoms with van der Waals surface area (Å²) in [4.78, 5) is 11.6. The van der Waals surface area contributed by atoms with Gasteiger partial charge in [-0.15, -0.1) is 0 Å². The highest BCUT2D eigenvalue weighted by atomic mass is 19.2. The highest BCUT2D eigenvalue weighted by Crippen LogP contribution is 2.32. The molecule has 0 fully saturated rings. The fraction of sp³-hybridized carbons (Fsp3) is 0.364. The third kappa shape index (κ3) is 2.11. The molecule has 0 aliphatic carbocycles. The molecular formula is C11H10F4O2. The molecule has 0 aliphatic heterocycles. The third-order valence-electron chi connectivity index (χ3n) is 2.15. The first-order valence-electron chi connectivity index (χ1n) is 4.68. The summed E-state index contributed by atoms with van der Waals surface area (Å²) in [5.41, 5.74) is -2.53. The Morgan fingerprint density at radius 2 is 1.29 bits per heavy atom. The van der Waals surface area contributed by atoms with Crippen LogP contribution in [-0.2, 0) is 0 Å². The predicted octanol–water partition coefficient (Wildman–Crippen LogP) is 3.18. The first-order chi connectivity index (χ1) is 7.59. The van der Waals surface area contributed by atoms with Crippen LogP contribution in [0.3, 0.4) is 0 Å². The lowest BCUT2D eigenvalue weighted by molar-refractivity contribution is 0.0846. The molecule has 0 unspecified atom stereocenters. The molecule has 0 saturated heterocycles. The Labute approximate surface area is 94.9 Å². The largest absolute Gasteiger partial charge is 0.503 e. The number of rotatable bonds is 1. The van der Waals surface area contributed by atoms with Crippen molar-refractivity contribution in [3.8, 4) is 5.75 Å². The number of phenols is 1. The van der Waals surface area contributed by atoms with E-state index in [4.69, 9.17) is 5.11 Å². The minimum atomic E-state index is -1.98. The monoisotopic (exact) mass is 250 g/mol. The molecule has 1 N–H and O–H groups in total. The van der Waals surface area contributed by atoms with Gasteiger partial charge in [-0.25, -0.2) is 8.78 Å². The van der Waals surface area contributed by atoms with Crippen LogP contribution >= 0.6 is 0 Å². The van der Waals surface area contributed by atoms with Gasteiger partial charge in [-0.2, -0.15) is 8.78 Å². The molecular weight excluding hydrogens is 240 g/mol. The summed E-state index contributed by atoms with van der Waals surface area (Å²) in [7, 11) is 0. The average molecular weight is 250 g/mol. The molecule has 0 aliphatic rings. The minimum Gasteiger partial charge on any atom is -0.503 e. The van der Waals surface area contributed by atoms with Crippen molar-refractivity contribution in [3.63, 3.8) is 0 Å². The summed E-state index contributed by atoms with van der Waals surface area (Å²) in [6, 6.07) is 0. The van der Waals surface area contributed by atoms with Crippen LogP contribution in [0.5, 0.6) is 5.75 Å². The van der Waals surface area contributed by atoms with E-state index in [-0.39, 0.29) is 0 Å². The molecule has 1 aromatic rings. The van der Waals surface area contributed by atoms with E-state index in [1.165, 1.54) is 20.8 Å². The maximum atomic E-state index is 13.3. The molecule has 0 bridgehead atoms. The Hall–Kier alpha value is -1.59. The number of carbonyl (C=O) groups excluding carboxylic acids is 1. The summed E-state index contributed by atoms with van der Waals surface area (Å²) in [5.74, 6) is -10.6. The number of benzene rings is 1. The smallest absolute Gasteiger partial charge is 0.204 e. The van der Waals surface area contributed by atoms with Gasteiger partial charge in [0.2, 0.25) is 11.6 Å². The number of phenolic OH excluding ortho intramolecular Hbond substituents is 1. The Morgan fingerprint density at radius 1 is 0.941 bits per heavy atom. The van der Waals surface area contributed by atoms with Crippen LogP contribution in [0.15, 0.2) is 0 Å². The molecule has 17 heavy (non-hydrogen) atoms. The highest BCUT2D eigenvalue weighted by molar-refractivity contribution is 6.00. The number of aromatic hydroxyl groups is 1. The zero-order valence-corrected chi connectivity index (χ0v) is 9.37. The summed E-state index contributed by atoms with van der Waals surface area (Å²) in [5, 5.41) is 8.74. The molecule has 1 rings (SSSR count). The average Bonchev–Trinajstić information content (AvgIpc) is 2.22. The van der Waals surface area contributed by atoms with E-state index in [9.17, 15) is 22.4 Å². The van der Waals surface area contributed by atoms with Crippen molar-refractivity contribution in [1.82, 2.24) is 0 Å². The highest BCUT2D eigenvalue weighted by Gasteiger charge is 2.34. The van der Waals surface area contributed by atoms with E-state index in [1.807, 2.05) is 0 Å². The quantitative estimate of drug-likeness (QED) is 0.472. The number of Topliss-reactive ketones (excluding diaryl/α,β-unsaturated/α-hetero) is 1. The molecule has 0 atom stereocenters. The van der Waals surface area contributed by atoms with Gasteiger partial charge in [0, 0.05) is 5.41 Å². The van der Waals surface area contributed by atoms with Gasteiger partial charge >= 0.3 is 0 Å². The van der Waals surface area contributed by atoms with Gasteiger partial charge in [-0.3, -0.25) is 4.79 Å².